The Morgan fingerprint density at radius 1 is 1.60 bits per heavy atom. The summed E-state index contributed by atoms with van der Waals surface area (Å²) in [4.78, 5) is 0.706. The van der Waals surface area contributed by atoms with Crippen LogP contribution in [0.3, 0.4) is 0 Å². The smallest absolute Gasteiger partial charge is 0.0585 e. The lowest BCUT2D eigenvalue weighted by molar-refractivity contribution is 0.0145. The zero-order valence-corrected chi connectivity index (χ0v) is 8.06. The van der Waals surface area contributed by atoms with E-state index in [2.05, 4.69) is 22.9 Å². The predicted octanol–water partition coefficient (Wildman–Crippen LogP) is 2.73. The van der Waals surface area contributed by atoms with Crippen LogP contribution < -0.4 is 0 Å². The van der Waals surface area contributed by atoms with Gasteiger partial charge in [-0.2, -0.15) is 0 Å². The van der Waals surface area contributed by atoms with Crippen molar-refractivity contribution in [1.29, 1.82) is 0 Å². The molecule has 0 bridgehead atoms. The summed E-state index contributed by atoms with van der Waals surface area (Å²) in [5.74, 6) is 0. The molecule has 0 aromatic carbocycles. The summed E-state index contributed by atoms with van der Waals surface area (Å²) in [5, 5.41) is 0. The SMILES string of the molecule is CCC[C@@H]1C[C@@H](Br)CCO1. The lowest BCUT2D eigenvalue weighted by Crippen LogP contribution is -2.25. The van der Waals surface area contributed by atoms with Crippen LogP contribution in [0.1, 0.15) is 32.6 Å². The topological polar surface area (TPSA) is 9.23 Å². The van der Waals surface area contributed by atoms with Crippen LogP contribution in [0, 0.1) is 0 Å². The van der Waals surface area contributed by atoms with Gasteiger partial charge in [-0.1, -0.05) is 29.3 Å². The fourth-order valence-electron chi connectivity index (χ4n) is 1.36. The highest BCUT2D eigenvalue weighted by Crippen LogP contribution is 2.22. The van der Waals surface area contributed by atoms with Gasteiger partial charge in [-0.15, -0.1) is 0 Å². The second-order valence-electron chi connectivity index (χ2n) is 2.90. The van der Waals surface area contributed by atoms with Gasteiger partial charge >= 0.3 is 0 Å². The Hall–Kier alpha value is 0.440. The second-order valence-corrected chi connectivity index (χ2v) is 4.20. The molecule has 10 heavy (non-hydrogen) atoms. The Bertz CT molecular complexity index is 93.3. The third-order valence-corrected chi connectivity index (χ3v) is 2.75. The molecule has 0 aromatic heterocycles. The van der Waals surface area contributed by atoms with Crippen LogP contribution in [0.2, 0.25) is 0 Å². The van der Waals surface area contributed by atoms with Crippen LogP contribution in [-0.2, 0) is 4.74 Å². The van der Waals surface area contributed by atoms with Gasteiger partial charge in [-0.05, 0) is 19.3 Å². The molecule has 1 nitrogen and oxygen atoms in total. The highest BCUT2D eigenvalue weighted by Gasteiger charge is 2.18. The number of alkyl halides is 1. The molecule has 1 aliphatic rings. The summed E-state index contributed by atoms with van der Waals surface area (Å²) in [6.07, 6.45) is 5.38. The van der Waals surface area contributed by atoms with Gasteiger partial charge < -0.3 is 4.74 Å². The first-order valence-corrected chi connectivity index (χ1v) is 5.00. The molecule has 1 saturated heterocycles. The van der Waals surface area contributed by atoms with Crippen molar-refractivity contribution >= 4 is 15.9 Å². The minimum absolute atomic E-state index is 0.531. The van der Waals surface area contributed by atoms with Crippen LogP contribution in [-0.4, -0.2) is 17.5 Å². The summed E-state index contributed by atoms with van der Waals surface area (Å²) < 4.78 is 5.56. The van der Waals surface area contributed by atoms with E-state index in [0.717, 1.165) is 6.61 Å². The van der Waals surface area contributed by atoms with Crippen molar-refractivity contribution in [1.82, 2.24) is 0 Å². The van der Waals surface area contributed by atoms with Crippen LogP contribution in [0.25, 0.3) is 0 Å². The average Bonchev–Trinajstić information content (AvgIpc) is 1.88. The van der Waals surface area contributed by atoms with E-state index in [1.54, 1.807) is 0 Å². The van der Waals surface area contributed by atoms with Gasteiger partial charge in [0.15, 0.2) is 0 Å². The lowest BCUT2D eigenvalue weighted by atomic mass is 10.1. The minimum Gasteiger partial charge on any atom is -0.378 e. The van der Waals surface area contributed by atoms with Gasteiger partial charge in [-0.3, -0.25) is 0 Å². The monoisotopic (exact) mass is 206 g/mol. The van der Waals surface area contributed by atoms with Crippen molar-refractivity contribution in [3.63, 3.8) is 0 Å². The Morgan fingerprint density at radius 2 is 2.40 bits per heavy atom. The maximum Gasteiger partial charge on any atom is 0.0585 e. The molecule has 0 aromatic rings. The maximum atomic E-state index is 5.56. The third kappa shape index (κ3) is 2.59. The predicted molar refractivity (Wildman–Crippen MR) is 46.6 cm³/mol. The largest absolute Gasteiger partial charge is 0.378 e. The lowest BCUT2D eigenvalue weighted by Gasteiger charge is -2.25. The Labute approximate surface area is 71.3 Å². The molecule has 0 amide bonds. The Kier molecular flexibility index (Phi) is 3.71. The van der Waals surface area contributed by atoms with Crippen LogP contribution in [0.5, 0.6) is 0 Å². The second kappa shape index (κ2) is 4.35. The van der Waals surface area contributed by atoms with Gasteiger partial charge in [0.25, 0.3) is 0 Å². The fourth-order valence-corrected chi connectivity index (χ4v) is 1.96. The molecule has 0 aliphatic carbocycles. The molecule has 1 fully saturated rings. The number of rotatable bonds is 2. The fraction of sp³-hybridized carbons (Fsp3) is 1.00. The van der Waals surface area contributed by atoms with Gasteiger partial charge in [0.1, 0.15) is 0 Å². The van der Waals surface area contributed by atoms with E-state index in [1.807, 2.05) is 0 Å². The molecular weight excluding hydrogens is 192 g/mol. The van der Waals surface area contributed by atoms with Crippen molar-refractivity contribution in [2.24, 2.45) is 0 Å². The first kappa shape index (κ1) is 8.54. The van der Waals surface area contributed by atoms with Gasteiger partial charge in [0.2, 0.25) is 0 Å². The number of hydrogen-bond acceptors (Lipinski definition) is 1. The van der Waals surface area contributed by atoms with Crippen LogP contribution >= 0.6 is 15.9 Å². The minimum atomic E-state index is 0.531. The molecule has 1 aliphatic heterocycles. The third-order valence-electron chi connectivity index (χ3n) is 1.91. The molecule has 1 heterocycles. The molecule has 0 saturated carbocycles. The summed E-state index contributed by atoms with van der Waals surface area (Å²) in [6.45, 7) is 3.15. The normalized spacial score (nSPS) is 34.2. The Morgan fingerprint density at radius 3 is 3.00 bits per heavy atom. The zero-order valence-electron chi connectivity index (χ0n) is 6.48. The standard InChI is InChI=1S/C8H15BrO/c1-2-3-8-6-7(9)4-5-10-8/h7-8H,2-6H2,1H3/t7-,8+/m0/s1. The molecule has 0 radical (unpaired) electrons. The molecule has 2 heteroatoms. The Balaban J connectivity index is 2.18. The average molecular weight is 207 g/mol. The van der Waals surface area contributed by atoms with Gasteiger partial charge in [-0.25, -0.2) is 0 Å². The number of ether oxygens (including phenoxy) is 1. The highest BCUT2D eigenvalue weighted by atomic mass is 79.9. The highest BCUT2D eigenvalue weighted by molar-refractivity contribution is 9.09. The number of hydrogen-bond donors (Lipinski definition) is 0. The summed E-state index contributed by atoms with van der Waals surface area (Å²) in [6, 6.07) is 0. The van der Waals surface area contributed by atoms with Gasteiger partial charge in [0, 0.05) is 11.4 Å². The van der Waals surface area contributed by atoms with E-state index in [4.69, 9.17) is 4.74 Å². The van der Waals surface area contributed by atoms with Crippen molar-refractivity contribution in [2.75, 3.05) is 6.61 Å². The van der Waals surface area contributed by atoms with E-state index >= 15 is 0 Å². The van der Waals surface area contributed by atoms with Crippen molar-refractivity contribution < 1.29 is 4.74 Å². The van der Waals surface area contributed by atoms with E-state index in [9.17, 15) is 0 Å². The van der Waals surface area contributed by atoms with E-state index in [1.165, 1.54) is 25.7 Å². The molecule has 0 spiro atoms. The van der Waals surface area contributed by atoms with E-state index < -0.39 is 0 Å². The van der Waals surface area contributed by atoms with Crippen LogP contribution in [0.15, 0.2) is 0 Å². The zero-order chi connectivity index (χ0) is 7.40. The first-order chi connectivity index (χ1) is 4.83. The quantitative estimate of drug-likeness (QED) is 0.632. The summed E-state index contributed by atoms with van der Waals surface area (Å²) in [5.41, 5.74) is 0. The van der Waals surface area contributed by atoms with E-state index in [0.29, 0.717) is 10.9 Å². The maximum absolute atomic E-state index is 5.56. The van der Waals surface area contributed by atoms with Crippen molar-refractivity contribution in [3.8, 4) is 0 Å². The molecule has 1 rings (SSSR count). The van der Waals surface area contributed by atoms with Crippen LogP contribution in [0.4, 0.5) is 0 Å². The summed E-state index contributed by atoms with van der Waals surface area (Å²) >= 11 is 3.62. The first-order valence-electron chi connectivity index (χ1n) is 4.08. The van der Waals surface area contributed by atoms with E-state index in [-0.39, 0.29) is 0 Å². The molecule has 60 valence electrons. The van der Waals surface area contributed by atoms with Crippen molar-refractivity contribution in [3.05, 3.63) is 0 Å². The van der Waals surface area contributed by atoms with Gasteiger partial charge in [0.05, 0.1) is 6.10 Å². The van der Waals surface area contributed by atoms with Crippen molar-refractivity contribution in [2.45, 2.75) is 43.5 Å². The number of halogens is 1. The molecule has 2 atom stereocenters. The molecule has 0 N–H and O–H groups in total. The summed E-state index contributed by atoms with van der Waals surface area (Å²) in [7, 11) is 0. The molecular formula is C8H15BrO. The molecule has 0 unspecified atom stereocenters.